The highest BCUT2D eigenvalue weighted by Gasteiger charge is 2.41. The van der Waals surface area contributed by atoms with Crippen molar-refractivity contribution in [1.82, 2.24) is 9.88 Å². The molecule has 0 radical (unpaired) electrons. The Hall–Kier alpha value is -1.91. The summed E-state index contributed by atoms with van der Waals surface area (Å²) in [5, 5.41) is 9.43. The van der Waals surface area contributed by atoms with Crippen LogP contribution in [0.5, 0.6) is 0 Å². The van der Waals surface area contributed by atoms with Gasteiger partial charge in [0.25, 0.3) is 0 Å². The predicted molar refractivity (Wildman–Crippen MR) is 74.1 cm³/mol. The Balaban J connectivity index is 2.05. The van der Waals surface area contributed by atoms with Crippen LogP contribution < -0.4 is 0 Å². The second-order valence-corrected chi connectivity index (χ2v) is 5.36. The molecule has 1 saturated heterocycles. The molecular weight excluding hydrogens is 256 g/mol. The van der Waals surface area contributed by atoms with Crippen molar-refractivity contribution >= 4 is 11.9 Å². The number of hydrogen-bond acceptors (Lipinski definition) is 3. The van der Waals surface area contributed by atoms with E-state index in [1.807, 2.05) is 19.1 Å². The van der Waals surface area contributed by atoms with Crippen LogP contribution >= 0.6 is 0 Å². The Morgan fingerprint density at radius 1 is 1.45 bits per heavy atom. The third-order valence-corrected chi connectivity index (χ3v) is 4.12. The number of aromatic nitrogens is 1. The third-order valence-electron chi connectivity index (χ3n) is 4.12. The van der Waals surface area contributed by atoms with E-state index in [2.05, 4.69) is 4.98 Å². The maximum absolute atomic E-state index is 12.3. The highest BCUT2D eigenvalue weighted by Crippen LogP contribution is 2.33. The molecule has 1 aromatic heterocycles. The highest BCUT2D eigenvalue weighted by molar-refractivity contribution is 5.81. The molecule has 1 amide bonds. The average Bonchev–Trinajstić information content (AvgIpc) is 2.48. The monoisotopic (exact) mass is 276 g/mol. The molecule has 5 nitrogen and oxygen atoms in total. The lowest BCUT2D eigenvalue weighted by atomic mass is 9.77. The molecule has 0 spiro atoms. The van der Waals surface area contributed by atoms with Gasteiger partial charge in [-0.25, -0.2) is 0 Å². The van der Waals surface area contributed by atoms with Crippen LogP contribution in [-0.4, -0.2) is 40.0 Å². The summed E-state index contributed by atoms with van der Waals surface area (Å²) in [5.41, 5.74) is -0.0571. The van der Waals surface area contributed by atoms with Gasteiger partial charge >= 0.3 is 5.97 Å². The summed E-state index contributed by atoms with van der Waals surface area (Å²) in [7, 11) is 0. The number of carboxylic acid groups (broad SMARTS) is 1. The first-order chi connectivity index (χ1) is 9.57. The Bertz CT molecular complexity index is 489. The molecule has 1 fully saturated rings. The van der Waals surface area contributed by atoms with Crippen molar-refractivity contribution in [2.75, 3.05) is 13.1 Å². The number of aliphatic carboxylic acids is 1. The van der Waals surface area contributed by atoms with Gasteiger partial charge in [0, 0.05) is 25.0 Å². The number of carboxylic acids is 1. The lowest BCUT2D eigenvalue weighted by Crippen LogP contribution is -2.50. The van der Waals surface area contributed by atoms with E-state index in [0.29, 0.717) is 25.9 Å². The van der Waals surface area contributed by atoms with Crippen LogP contribution in [0.1, 0.15) is 31.9 Å². The summed E-state index contributed by atoms with van der Waals surface area (Å²) in [6, 6.07) is 5.47. The number of carbonyl (C=O) groups is 2. The smallest absolute Gasteiger partial charge is 0.311 e. The van der Waals surface area contributed by atoms with Crippen molar-refractivity contribution < 1.29 is 14.7 Å². The molecule has 1 N–H and O–H groups in total. The zero-order chi connectivity index (χ0) is 14.6. The Labute approximate surface area is 118 Å². The number of amides is 1. The predicted octanol–water partition coefficient (Wildman–Crippen LogP) is 1.73. The van der Waals surface area contributed by atoms with Crippen molar-refractivity contribution in [1.29, 1.82) is 0 Å². The zero-order valence-corrected chi connectivity index (χ0v) is 11.7. The van der Waals surface area contributed by atoms with Crippen molar-refractivity contribution in [3.63, 3.8) is 0 Å². The van der Waals surface area contributed by atoms with Crippen LogP contribution in [0.4, 0.5) is 0 Å². The van der Waals surface area contributed by atoms with E-state index in [-0.39, 0.29) is 12.3 Å². The standard InChI is InChI=1S/C15H20N2O3/c1-2-15(14(19)20)7-5-9-17(11-15)13(18)10-12-6-3-4-8-16-12/h3-4,6,8H,2,5,7,9-11H2,1H3,(H,19,20). The molecule has 1 aromatic rings. The molecule has 2 heterocycles. The van der Waals surface area contributed by atoms with Gasteiger partial charge in [-0.3, -0.25) is 14.6 Å². The molecule has 0 saturated carbocycles. The summed E-state index contributed by atoms with van der Waals surface area (Å²) in [6.45, 7) is 2.83. The van der Waals surface area contributed by atoms with Crippen LogP contribution in [0.3, 0.4) is 0 Å². The second-order valence-electron chi connectivity index (χ2n) is 5.36. The minimum Gasteiger partial charge on any atom is -0.481 e. The summed E-state index contributed by atoms with van der Waals surface area (Å²) in [5.74, 6) is -0.835. The molecular formula is C15H20N2O3. The molecule has 1 aliphatic rings. The molecule has 5 heteroatoms. The highest BCUT2D eigenvalue weighted by atomic mass is 16.4. The summed E-state index contributed by atoms with van der Waals surface area (Å²) < 4.78 is 0. The fourth-order valence-electron chi connectivity index (χ4n) is 2.73. The molecule has 2 rings (SSSR count). The molecule has 108 valence electrons. The van der Waals surface area contributed by atoms with Crippen LogP contribution in [0, 0.1) is 5.41 Å². The maximum atomic E-state index is 12.3. The number of rotatable bonds is 4. The van der Waals surface area contributed by atoms with Gasteiger partial charge < -0.3 is 10.0 Å². The van der Waals surface area contributed by atoms with Gasteiger partial charge in [-0.1, -0.05) is 13.0 Å². The van der Waals surface area contributed by atoms with Gasteiger partial charge in [0.05, 0.1) is 11.8 Å². The van der Waals surface area contributed by atoms with E-state index < -0.39 is 11.4 Å². The fraction of sp³-hybridized carbons (Fsp3) is 0.533. The molecule has 0 aromatic carbocycles. The van der Waals surface area contributed by atoms with Crippen molar-refractivity contribution in [3.05, 3.63) is 30.1 Å². The summed E-state index contributed by atoms with van der Waals surface area (Å²) in [6.07, 6.45) is 3.84. The first-order valence-corrected chi connectivity index (χ1v) is 6.98. The lowest BCUT2D eigenvalue weighted by molar-refractivity contribution is -0.155. The lowest BCUT2D eigenvalue weighted by Gasteiger charge is -2.39. The van der Waals surface area contributed by atoms with E-state index in [9.17, 15) is 14.7 Å². The fourth-order valence-corrected chi connectivity index (χ4v) is 2.73. The molecule has 0 aliphatic carbocycles. The van der Waals surface area contributed by atoms with E-state index in [1.165, 1.54) is 0 Å². The van der Waals surface area contributed by atoms with Gasteiger partial charge in [0.1, 0.15) is 0 Å². The minimum absolute atomic E-state index is 0.0394. The van der Waals surface area contributed by atoms with Gasteiger partial charge in [0.2, 0.25) is 5.91 Å². The molecule has 1 unspecified atom stereocenters. The van der Waals surface area contributed by atoms with Gasteiger partial charge in [-0.05, 0) is 31.4 Å². The van der Waals surface area contributed by atoms with Crippen LogP contribution in [0.15, 0.2) is 24.4 Å². The quantitative estimate of drug-likeness (QED) is 0.909. The SMILES string of the molecule is CCC1(C(=O)O)CCCN(C(=O)Cc2ccccn2)C1. The zero-order valence-electron chi connectivity index (χ0n) is 11.7. The Morgan fingerprint density at radius 2 is 2.25 bits per heavy atom. The van der Waals surface area contributed by atoms with Gasteiger partial charge in [0.15, 0.2) is 0 Å². The Kier molecular flexibility index (Phi) is 4.37. The normalized spacial score (nSPS) is 22.6. The van der Waals surface area contributed by atoms with Gasteiger partial charge in [-0.15, -0.1) is 0 Å². The van der Waals surface area contributed by atoms with Crippen molar-refractivity contribution in [2.45, 2.75) is 32.6 Å². The topological polar surface area (TPSA) is 70.5 Å². The molecule has 0 bridgehead atoms. The number of pyridine rings is 1. The molecule has 1 aliphatic heterocycles. The molecule has 1 atom stereocenters. The van der Waals surface area contributed by atoms with Crippen LogP contribution in [0.25, 0.3) is 0 Å². The number of hydrogen-bond donors (Lipinski definition) is 1. The third kappa shape index (κ3) is 2.98. The van der Waals surface area contributed by atoms with E-state index >= 15 is 0 Å². The van der Waals surface area contributed by atoms with Crippen LogP contribution in [-0.2, 0) is 16.0 Å². The summed E-state index contributed by atoms with van der Waals surface area (Å²) >= 11 is 0. The molecule has 20 heavy (non-hydrogen) atoms. The van der Waals surface area contributed by atoms with Gasteiger partial charge in [-0.2, -0.15) is 0 Å². The van der Waals surface area contributed by atoms with E-state index in [4.69, 9.17) is 0 Å². The Morgan fingerprint density at radius 3 is 2.85 bits per heavy atom. The maximum Gasteiger partial charge on any atom is 0.311 e. The number of nitrogens with zero attached hydrogens (tertiary/aromatic N) is 2. The largest absolute Gasteiger partial charge is 0.481 e. The van der Waals surface area contributed by atoms with Crippen molar-refractivity contribution in [3.8, 4) is 0 Å². The number of carbonyl (C=O) groups excluding carboxylic acids is 1. The van der Waals surface area contributed by atoms with Crippen LogP contribution in [0.2, 0.25) is 0 Å². The number of piperidine rings is 1. The van der Waals surface area contributed by atoms with E-state index in [1.54, 1.807) is 17.2 Å². The first kappa shape index (κ1) is 14.5. The van der Waals surface area contributed by atoms with E-state index in [0.717, 1.165) is 12.1 Å². The second kappa shape index (κ2) is 6.03. The average molecular weight is 276 g/mol. The summed E-state index contributed by atoms with van der Waals surface area (Å²) in [4.78, 5) is 29.6. The minimum atomic E-state index is -0.796. The van der Waals surface area contributed by atoms with Crippen molar-refractivity contribution in [2.24, 2.45) is 5.41 Å². The number of likely N-dealkylation sites (tertiary alicyclic amines) is 1. The first-order valence-electron chi connectivity index (χ1n) is 6.98.